The van der Waals surface area contributed by atoms with Gasteiger partial charge in [0.05, 0.1) is 10.8 Å². The van der Waals surface area contributed by atoms with Crippen molar-refractivity contribution < 1.29 is 23.9 Å². The average Bonchev–Trinajstić information content (AvgIpc) is 2.70. The Balaban J connectivity index is 2.14. The van der Waals surface area contributed by atoms with Crippen molar-refractivity contribution in [3.8, 4) is 11.5 Å². The molecule has 2 rings (SSSR count). The van der Waals surface area contributed by atoms with Crippen molar-refractivity contribution in [1.29, 1.82) is 0 Å². The Hall–Kier alpha value is -2.99. The Morgan fingerprint density at radius 1 is 0.781 bits per heavy atom. The normalized spacial score (nSPS) is 11.7. The fraction of sp³-hybridized carbons (Fsp3) is 0.423. The number of ether oxygens (including phenoxy) is 2. The minimum atomic E-state index is -0.719. The van der Waals surface area contributed by atoms with Crippen LogP contribution in [0.1, 0.15) is 63.9 Å². The lowest BCUT2D eigenvalue weighted by atomic mass is 9.97. The van der Waals surface area contributed by atoms with Gasteiger partial charge in [-0.05, 0) is 59.2 Å². The molecule has 0 saturated carbocycles. The van der Waals surface area contributed by atoms with Crippen molar-refractivity contribution in [2.24, 2.45) is 10.8 Å². The van der Waals surface area contributed by atoms with Gasteiger partial charge >= 0.3 is 11.9 Å². The number of hydrogen-bond acceptors (Lipinski definition) is 6. The number of carbonyl (C=O) groups excluding carboxylic acids is 3. The highest BCUT2D eigenvalue weighted by Crippen LogP contribution is 2.28. The third-order valence-electron chi connectivity index (χ3n) is 4.55. The van der Waals surface area contributed by atoms with Gasteiger partial charge in [-0.2, -0.15) is 0 Å². The van der Waals surface area contributed by atoms with Crippen molar-refractivity contribution in [1.82, 2.24) is 5.32 Å². The highest BCUT2D eigenvalue weighted by Gasteiger charge is 2.26. The third-order valence-corrected chi connectivity index (χ3v) is 4.55. The fourth-order valence-corrected chi connectivity index (χ4v) is 2.55. The highest BCUT2D eigenvalue weighted by atomic mass is 16.5. The Morgan fingerprint density at radius 2 is 1.28 bits per heavy atom. The molecule has 0 bridgehead atoms. The topological polar surface area (TPSA) is 81.7 Å². The maximum atomic E-state index is 12.8. The van der Waals surface area contributed by atoms with Gasteiger partial charge in [0.2, 0.25) is 0 Å². The summed E-state index contributed by atoms with van der Waals surface area (Å²) in [6.07, 6.45) is 0.246. The zero-order valence-corrected chi connectivity index (χ0v) is 19.8. The number of rotatable bonds is 8. The summed E-state index contributed by atoms with van der Waals surface area (Å²) >= 11 is 0. The van der Waals surface area contributed by atoms with Gasteiger partial charge in [0.1, 0.15) is 11.5 Å². The van der Waals surface area contributed by atoms with Crippen LogP contribution in [0.3, 0.4) is 0 Å². The molecule has 0 aliphatic carbocycles. The van der Waals surface area contributed by atoms with Crippen LogP contribution >= 0.6 is 0 Å². The lowest BCUT2D eigenvalue weighted by Gasteiger charge is -2.19. The van der Waals surface area contributed by atoms with E-state index in [0.29, 0.717) is 18.7 Å². The molecule has 32 heavy (non-hydrogen) atoms. The molecule has 0 aliphatic heterocycles. The van der Waals surface area contributed by atoms with Crippen LogP contribution in [0.25, 0.3) is 0 Å². The molecule has 0 aliphatic rings. The van der Waals surface area contributed by atoms with Gasteiger partial charge in [0.25, 0.3) is 0 Å². The minimum absolute atomic E-state index is 0.146. The maximum absolute atomic E-state index is 12.8. The highest BCUT2D eigenvalue weighted by molar-refractivity contribution is 5.97. The molecule has 0 aromatic heterocycles. The van der Waals surface area contributed by atoms with Crippen molar-refractivity contribution in [2.75, 3.05) is 6.54 Å². The molecule has 6 nitrogen and oxygen atoms in total. The summed E-state index contributed by atoms with van der Waals surface area (Å²) in [4.78, 5) is 37.5. The lowest BCUT2D eigenvalue weighted by molar-refractivity contribution is -0.143. The molecule has 0 amide bonds. The summed E-state index contributed by atoms with van der Waals surface area (Å²) in [5.41, 5.74) is 0.0163. The summed E-state index contributed by atoms with van der Waals surface area (Å²) < 4.78 is 10.9. The first-order valence-corrected chi connectivity index (χ1v) is 10.7. The number of nitrogens with one attached hydrogen (secondary N) is 1. The predicted molar refractivity (Wildman–Crippen MR) is 124 cm³/mol. The second-order valence-electron chi connectivity index (χ2n) is 9.81. The van der Waals surface area contributed by atoms with Crippen LogP contribution in [0.5, 0.6) is 11.5 Å². The molecular formula is C26H33NO5. The van der Waals surface area contributed by atoms with E-state index in [9.17, 15) is 14.4 Å². The Labute approximate surface area is 190 Å². The van der Waals surface area contributed by atoms with Crippen LogP contribution in [-0.4, -0.2) is 24.3 Å². The van der Waals surface area contributed by atoms with E-state index in [4.69, 9.17) is 9.47 Å². The van der Waals surface area contributed by atoms with Crippen LogP contribution < -0.4 is 14.8 Å². The van der Waals surface area contributed by atoms with Gasteiger partial charge in [-0.25, -0.2) is 0 Å². The number of hydrogen-bond donors (Lipinski definition) is 1. The number of carbonyl (C=O) groups is 3. The second-order valence-corrected chi connectivity index (χ2v) is 9.81. The van der Waals surface area contributed by atoms with Gasteiger partial charge in [0.15, 0.2) is 5.78 Å². The maximum Gasteiger partial charge on any atom is 0.316 e. The Kier molecular flexibility index (Phi) is 8.33. The van der Waals surface area contributed by atoms with E-state index in [-0.39, 0.29) is 23.7 Å². The van der Waals surface area contributed by atoms with Crippen molar-refractivity contribution >= 4 is 17.7 Å². The lowest BCUT2D eigenvalue weighted by Crippen LogP contribution is -2.26. The summed E-state index contributed by atoms with van der Waals surface area (Å²) in [6.45, 7) is 11.6. The van der Waals surface area contributed by atoms with Crippen molar-refractivity contribution in [3.05, 3.63) is 59.7 Å². The minimum Gasteiger partial charge on any atom is -0.426 e. The van der Waals surface area contributed by atoms with Crippen LogP contribution in [-0.2, 0) is 16.1 Å². The standard InChI is InChI=1S/C26H33NO5/c1-25(2,3)23(29)31-20-14-19(15-21(16-20)32-24(30)26(4,5)6)22(28)12-13-27-17-18-10-8-7-9-11-18/h7-11,14-16,27H,12-13,17H2,1-6H3. The molecular weight excluding hydrogens is 406 g/mol. The molecule has 1 N–H and O–H groups in total. The Morgan fingerprint density at radius 3 is 1.75 bits per heavy atom. The van der Waals surface area contributed by atoms with Gasteiger partial charge in [-0.1, -0.05) is 30.3 Å². The monoisotopic (exact) mass is 439 g/mol. The second kappa shape index (κ2) is 10.6. The number of ketones is 1. The van der Waals surface area contributed by atoms with E-state index in [2.05, 4.69) is 5.32 Å². The molecule has 0 unspecified atom stereocenters. The first-order chi connectivity index (χ1) is 14.9. The van der Waals surface area contributed by atoms with Crippen molar-refractivity contribution in [3.63, 3.8) is 0 Å². The molecule has 0 atom stereocenters. The fourth-order valence-electron chi connectivity index (χ4n) is 2.55. The average molecular weight is 440 g/mol. The summed E-state index contributed by atoms with van der Waals surface area (Å²) in [5.74, 6) is -0.693. The van der Waals surface area contributed by atoms with E-state index < -0.39 is 22.8 Å². The molecule has 2 aromatic carbocycles. The van der Waals surface area contributed by atoms with E-state index in [1.807, 2.05) is 30.3 Å². The molecule has 0 spiro atoms. The summed E-state index contributed by atoms with van der Waals surface area (Å²) in [5, 5.41) is 3.24. The summed E-state index contributed by atoms with van der Waals surface area (Å²) in [7, 11) is 0. The van der Waals surface area contributed by atoms with Crippen molar-refractivity contribution in [2.45, 2.75) is 54.5 Å². The van der Waals surface area contributed by atoms with Gasteiger partial charge in [-0.15, -0.1) is 0 Å². The van der Waals surface area contributed by atoms with Crippen LogP contribution in [0.15, 0.2) is 48.5 Å². The molecule has 0 radical (unpaired) electrons. The zero-order chi connectivity index (χ0) is 23.9. The van der Waals surface area contributed by atoms with Crippen LogP contribution in [0.4, 0.5) is 0 Å². The SMILES string of the molecule is CC(C)(C)C(=O)Oc1cc(OC(=O)C(C)(C)C)cc(C(=O)CCNCc2ccccc2)c1. The molecule has 2 aromatic rings. The van der Waals surface area contributed by atoms with E-state index >= 15 is 0 Å². The van der Waals surface area contributed by atoms with E-state index in [1.165, 1.54) is 18.2 Å². The smallest absolute Gasteiger partial charge is 0.316 e. The van der Waals surface area contributed by atoms with Gasteiger partial charge in [-0.3, -0.25) is 14.4 Å². The summed E-state index contributed by atoms with van der Waals surface area (Å²) in [6, 6.07) is 14.4. The van der Waals surface area contributed by atoms with E-state index in [0.717, 1.165) is 5.56 Å². The quantitative estimate of drug-likeness (QED) is 0.271. The largest absolute Gasteiger partial charge is 0.426 e. The number of esters is 2. The third kappa shape index (κ3) is 7.93. The van der Waals surface area contributed by atoms with Gasteiger partial charge in [0, 0.05) is 31.1 Å². The molecule has 6 heteroatoms. The first kappa shape index (κ1) is 25.3. The molecule has 0 saturated heterocycles. The molecule has 0 fully saturated rings. The van der Waals surface area contributed by atoms with Crippen LogP contribution in [0.2, 0.25) is 0 Å². The molecule has 0 heterocycles. The van der Waals surface area contributed by atoms with E-state index in [1.54, 1.807) is 41.5 Å². The van der Waals surface area contributed by atoms with Crippen LogP contribution in [0, 0.1) is 10.8 Å². The van der Waals surface area contributed by atoms with Gasteiger partial charge < -0.3 is 14.8 Å². The number of Topliss-reactive ketones (excluding diaryl/α,β-unsaturated/α-hetero) is 1. The first-order valence-electron chi connectivity index (χ1n) is 10.7. The zero-order valence-electron chi connectivity index (χ0n) is 19.8. The number of benzene rings is 2. The molecule has 172 valence electrons. The Bertz CT molecular complexity index is 906. The predicted octanol–water partition coefficient (Wildman–Crippen LogP) is 4.95.